The molecule has 1 fully saturated rings. The largest absolute Gasteiger partial charge is 0.399 e. The first kappa shape index (κ1) is 13.0. The summed E-state index contributed by atoms with van der Waals surface area (Å²) in [5, 5.41) is 5.77. The number of anilines is 1. The number of amides is 2. The highest BCUT2D eigenvalue weighted by molar-refractivity contribution is 5.91. The summed E-state index contributed by atoms with van der Waals surface area (Å²) in [4.78, 5) is 23.4. The maximum atomic E-state index is 12.2. The normalized spacial score (nSPS) is 24.9. The van der Waals surface area contributed by atoms with Crippen molar-refractivity contribution in [2.24, 2.45) is 0 Å². The lowest BCUT2D eigenvalue weighted by Gasteiger charge is -2.27. The summed E-state index contributed by atoms with van der Waals surface area (Å²) in [6.07, 6.45) is 4.01. The Balaban J connectivity index is 1.73. The van der Waals surface area contributed by atoms with E-state index in [-0.39, 0.29) is 23.9 Å². The minimum absolute atomic E-state index is 0.0318. The van der Waals surface area contributed by atoms with Crippen molar-refractivity contribution in [1.29, 1.82) is 0 Å². The highest BCUT2D eigenvalue weighted by Crippen LogP contribution is 2.31. The molecule has 1 aliphatic carbocycles. The molecule has 4 N–H and O–H groups in total. The lowest BCUT2D eigenvalue weighted by molar-refractivity contribution is -0.126. The predicted octanol–water partition coefficient (Wildman–Crippen LogP) is 1.04. The Morgan fingerprint density at radius 3 is 2.90 bits per heavy atom. The van der Waals surface area contributed by atoms with Gasteiger partial charge in [0.15, 0.2) is 0 Å². The summed E-state index contributed by atoms with van der Waals surface area (Å²) in [7, 11) is 0. The van der Waals surface area contributed by atoms with Crippen molar-refractivity contribution in [2.45, 2.75) is 44.2 Å². The first-order valence-corrected chi connectivity index (χ1v) is 7.11. The first-order chi connectivity index (χ1) is 9.63. The SMILES string of the molecule is Nc1ccc2c(c1)CCCC2NC(=O)[C@H]1CCC(=O)N1. The van der Waals surface area contributed by atoms with Gasteiger partial charge in [0.25, 0.3) is 0 Å². The van der Waals surface area contributed by atoms with E-state index in [1.54, 1.807) is 0 Å². The molecule has 1 saturated heterocycles. The van der Waals surface area contributed by atoms with Gasteiger partial charge in [-0.3, -0.25) is 9.59 Å². The number of nitrogen functional groups attached to an aromatic ring is 1. The van der Waals surface area contributed by atoms with E-state index in [1.165, 1.54) is 5.56 Å². The monoisotopic (exact) mass is 273 g/mol. The molecule has 3 rings (SSSR count). The molecule has 0 spiro atoms. The number of benzene rings is 1. The van der Waals surface area contributed by atoms with Crippen LogP contribution in [0.5, 0.6) is 0 Å². The van der Waals surface area contributed by atoms with E-state index < -0.39 is 0 Å². The molecule has 2 amide bonds. The van der Waals surface area contributed by atoms with Crippen molar-refractivity contribution < 1.29 is 9.59 Å². The Hall–Kier alpha value is -2.04. The summed E-state index contributed by atoms with van der Waals surface area (Å²) in [6, 6.07) is 5.53. The van der Waals surface area contributed by atoms with Crippen LogP contribution in [-0.4, -0.2) is 17.9 Å². The highest BCUT2D eigenvalue weighted by Gasteiger charge is 2.30. The lowest BCUT2D eigenvalue weighted by atomic mass is 9.87. The average Bonchev–Trinajstić information content (AvgIpc) is 2.85. The molecule has 0 aromatic heterocycles. The van der Waals surface area contributed by atoms with Crippen LogP contribution in [0.15, 0.2) is 18.2 Å². The summed E-state index contributed by atoms with van der Waals surface area (Å²) in [6.45, 7) is 0. The van der Waals surface area contributed by atoms with E-state index in [2.05, 4.69) is 10.6 Å². The van der Waals surface area contributed by atoms with Crippen molar-refractivity contribution in [1.82, 2.24) is 10.6 Å². The molecule has 0 radical (unpaired) electrons. The second-order valence-electron chi connectivity index (χ2n) is 5.57. The zero-order valence-corrected chi connectivity index (χ0v) is 11.3. The molecule has 1 heterocycles. The molecule has 2 aliphatic rings. The summed E-state index contributed by atoms with van der Waals surface area (Å²) >= 11 is 0. The molecule has 1 aromatic rings. The van der Waals surface area contributed by atoms with Gasteiger partial charge in [-0.2, -0.15) is 0 Å². The Morgan fingerprint density at radius 1 is 1.30 bits per heavy atom. The van der Waals surface area contributed by atoms with Crippen molar-refractivity contribution in [3.05, 3.63) is 29.3 Å². The van der Waals surface area contributed by atoms with Crippen molar-refractivity contribution >= 4 is 17.5 Å². The number of aryl methyl sites for hydroxylation is 1. The second-order valence-corrected chi connectivity index (χ2v) is 5.57. The van der Waals surface area contributed by atoms with Crippen LogP contribution in [0, 0.1) is 0 Å². The molecule has 5 nitrogen and oxygen atoms in total. The standard InChI is InChI=1S/C15H19N3O2/c16-10-4-5-11-9(8-10)2-1-3-12(11)18-15(20)13-6-7-14(19)17-13/h4-5,8,12-13H,1-3,6-7,16H2,(H,17,19)(H,18,20)/t12?,13-/m1/s1. The van der Waals surface area contributed by atoms with Gasteiger partial charge in [-0.05, 0) is 48.9 Å². The third kappa shape index (κ3) is 2.48. The maximum Gasteiger partial charge on any atom is 0.243 e. The Kier molecular flexibility index (Phi) is 3.34. The lowest BCUT2D eigenvalue weighted by Crippen LogP contribution is -2.43. The Bertz CT molecular complexity index is 556. The van der Waals surface area contributed by atoms with Crippen molar-refractivity contribution in [2.75, 3.05) is 5.73 Å². The van der Waals surface area contributed by atoms with E-state index in [9.17, 15) is 9.59 Å². The fraction of sp³-hybridized carbons (Fsp3) is 0.467. The zero-order chi connectivity index (χ0) is 14.1. The van der Waals surface area contributed by atoms with Crippen molar-refractivity contribution in [3.8, 4) is 0 Å². The van der Waals surface area contributed by atoms with E-state index in [0.717, 1.165) is 30.5 Å². The van der Waals surface area contributed by atoms with Gasteiger partial charge < -0.3 is 16.4 Å². The highest BCUT2D eigenvalue weighted by atomic mass is 16.2. The van der Waals surface area contributed by atoms with Crippen LogP contribution in [0.2, 0.25) is 0 Å². The minimum atomic E-state index is -0.373. The third-order valence-electron chi connectivity index (χ3n) is 4.11. The van der Waals surface area contributed by atoms with E-state index >= 15 is 0 Å². The second kappa shape index (κ2) is 5.15. The zero-order valence-electron chi connectivity index (χ0n) is 11.3. The Morgan fingerprint density at radius 2 is 2.15 bits per heavy atom. The number of hydrogen-bond donors (Lipinski definition) is 3. The van der Waals surface area contributed by atoms with E-state index in [0.29, 0.717) is 12.8 Å². The van der Waals surface area contributed by atoms with Gasteiger partial charge in [0, 0.05) is 12.1 Å². The van der Waals surface area contributed by atoms with Gasteiger partial charge >= 0.3 is 0 Å². The molecule has 20 heavy (non-hydrogen) atoms. The molecule has 2 atom stereocenters. The third-order valence-corrected chi connectivity index (χ3v) is 4.11. The minimum Gasteiger partial charge on any atom is -0.399 e. The van der Waals surface area contributed by atoms with Gasteiger partial charge in [0.05, 0.1) is 6.04 Å². The van der Waals surface area contributed by atoms with Crippen LogP contribution in [0.3, 0.4) is 0 Å². The van der Waals surface area contributed by atoms with Crippen LogP contribution >= 0.6 is 0 Å². The van der Waals surface area contributed by atoms with Gasteiger partial charge in [-0.1, -0.05) is 6.07 Å². The maximum absolute atomic E-state index is 12.2. The molecular weight excluding hydrogens is 254 g/mol. The molecule has 1 aliphatic heterocycles. The number of carbonyl (C=O) groups excluding carboxylic acids is 2. The molecule has 0 saturated carbocycles. The summed E-state index contributed by atoms with van der Waals surface area (Å²) in [5.41, 5.74) is 8.95. The van der Waals surface area contributed by atoms with Crippen LogP contribution in [-0.2, 0) is 16.0 Å². The number of hydrogen-bond acceptors (Lipinski definition) is 3. The fourth-order valence-electron chi connectivity index (χ4n) is 3.07. The summed E-state index contributed by atoms with van der Waals surface area (Å²) in [5.74, 6) is -0.118. The van der Waals surface area contributed by atoms with Crippen LogP contribution in [0.25, 0.3) is 0 Å². The van der Waals surface area contributed by atoms with Crippen molar-refractivity contribution in [3.63, 3.8) is 0 Å². The van der Waals surface area contributed by atoms with Crippen LogP contribution < -0.4 is 16.4 Å². The Labute approximate surface area is 117 Å². The quantitative estimate of drug-likeness (QED) is 0.704. The van der Waals surface area contributed by atoms with Gasteiger partial charge in [-0.15, -0.1) is 0 Å². The molecule has 1 aromatic carbocycles. The molecule has 5 heteroatoms. The number of nitrogens with one attached hydrogen (secondary N) is 2. The number of fused-ring (bicyclic) bond motifs is 1. The van der Waals surface area contributed by atoms with Gasteiger partial charge in [0.2, 0.25) is 11.8 Å². The number of carbonyl (C=O) groups is 2. The average molecular weight is 273 g/mol. The molecule has 0 bridgehead atoms. The van der Waals surface area contributed by atoms with Gasteiger partial charge in [-0.25, -0.2) is 0 Å². The smallest absolute Gasteiger partial charge is 0.243 e. The summed E-state index contributed by atoms with van der Waals surface area (Å²) < 4.78 is 0. The van der Waals surface area contributed by atoms with E-state index in [1.807, 2.05) is 18.2 Å². The first-order valence-electron chi connectivity index (χ1n) is 7.11. The predicted molar refractivity (Wildman–Crippen MR) is 75.8 cm³/mol. The number of rotatable bonds is 2. The van der Waals surface area contributed by atoms with E-state index in [4.69, 9.17) is 5.73 Å². The van der Waals surface area contributed by atoms with Crippen LogP contribution in [0.4, 0.5) is 5.69 Å². The van der Waals surface area contributed by atoms with Crippen LogP contribution in [0.1, 0.15) is 42.9 Å². The molecular formula is C15H19N3O2. The molecule has 106 valence electrons. The number of nitrogens with two attached hydrogens (primary N) is 1. The fourth-order valence-corrected chi connectivity index (χ4v) is 3.07. The van der Waals surface area contributed by atoms with Gasteiger partial charge in [0.1, 0.15) is 6.04 Å². The topological polar surface area (TPSA) is 84.2 Å². The molecule has 1 unspecified atom stereocenters.